The van der Waals surface area contributed by atoms with Gasteiger partial charge in [0, 0.05) is 24.3 Å². The van der Waals surface area contributed by atoms with Gasteiger partial charge in [0.25, 0.3) is 0 Å². The molecule has 2 aromatic rings. The Morgan fingerprint density at radius 1 is 1.29 bits per heavy atom. The molecule has 5 rings (SSSR count). The van der Waals surface area contributed by atoms with Gasteiger partial charge in [-0.2, -0.15) is 10.1 Å². The molecule has 2 heterocycles. The van der Waals surface area contributed by atoms with Crippen molar-refractivity contribution < 1.29 is 4.79 Å². The molecule has 3 aliphatic rings. The van der Waals surface area contributed by atoms with Crippen LogP contribution in [0, 0.1) is 5.92 Å². The minimum absolute atomic E-state index is 0. The number of carbonyl (C=O) groups is 1. The molecule has 1 spiro atoms. The fourth-order valence-corrected chi connectivity index (χ4v) is 5.14. The minimum atomic E-state index is 0. The minimum Gasteiger partial charge on any atom is -0.317 e. The lowest BCUT2D eigenvalue weighted by Crippen LogP contribution is -2.27. The Morgan fingerprint density at radius 2 is 2.07 bits per heavy atom. The predicted octanol–water partition coefficient (Wildman–Crippen LogP) is 2.94. The number of benzene rings is 1. The fourth-order valence-electron chi connectivity index (χ4n) is 5.14. The molecular weight excluding hydrogens is 374 g/mol. The van der Waals surface area contributed by atoms with Crippen molar-refractivity contribution in [3.8, 4) is 0 Å². The van der Waals surface area contributed by atoms with Gasteiger partial charge < -0.3 is 5.32 Å². The van der Waals surface area contributed by atoms with E-state index in [1.165, 1.54) is 17.5 Å². The Balaban J connectivity index is 0.00000192. The molecule has 2 N–H and O–H groups in total. The van der Waals surface area contributed by atoms with Crippen LogP contribution in [-0.2, 0) is 23.7 Å². The Kier molecular flexibility index (Phi) is 5.19. The monoisotopic (exact) mass is 401 g/mol. The number of nitrogens with zero attached hydrogens (tertiary/aromatic N) is 3. The van der Waals surface area contributed by atoms with Crippen LogP contribution in [0.3, 0.4) is 0 Å². The summed E-state index contributed by atoms with van der Waals surface area (Å²) < 4.78 is 1.72. The summed E-state index contributed by atoms with van der Waals surface area (Å²) in [5.74, 6) is 1.99. The number of aryl methyl sites for hydroxylation is 2. The Hall–Kier alpha value is -1.92. The molecule has 1 aromatic carbocycles. The van der Waals surface area contributed by atoms with E-state index in [1.807, 2.05) is 7.05 Å². The van der Waals surface area contributed by atoms with Gasteiger partial charge in [0.1, 0.15) is 0 Å². The zero-order chi connectivity index (χ0) is 18.4. The van der Waals surface area contributed by atoms with Crippen LogP contribution in [0.5, 0.6) is 0 Å². The third-order valence-corrected chi connectivity index (χ3v) is 6.73. The second kappa shape index (κ2) is 7.48. The number of rotatable bonds is 3. The van der Waals surface area contributed by atoms with E-state index in [4.69, 9.17) is 0 Å². The van der Waals surface area contributed by atoms with Gasteiger partial charge in [0.2, 0.25) is 11.9 Å². The van der Waals surface area contributed by atoms with Crippen LogP contribution in [-0.4, -0.2) is 33.8 Å². The number of amides is 1. The average Bonchev–Trinajstić information content (AvgIpc) is 3.30. The number of anilines is 1. The highest BCUT2D eigenvalue weighted by atomic mass is 35.5. The summed E-state index contributed by atoms with van der Waals surface area (Å²) in [7, 11) is 1.87. The van der Waals surface area contributed by atoms with E-state index >= 15 is 0 Å². The second-order valence-electron chi connectivity index (χ2n) is 8.35. The summed E-state index contributed by atoms with van der Waals surface area (Å²) in [4.78, 5) is 17.6. The first kappa shape index (κ1) is 19.4. The van der Waals surface area contributed by atoms with Gasteiger partial charge in [-0.1, -0.05) is 24.3 Å². The first-order valence-electron chi connectivity index (χ1n) is 10.2. The van der Waals surface area contributed by atoms with E-state index in [2.05, 4.69) is 45.0 Å². The van der Waals surface area contributed by atoms with Crippen molar-refractivity contribution in [1.82, 2.24) is 20.1 Å². The lowest BCUT2D eigenvalue weighted by molar-refractivity contribution is -0.117. The second-order valence-corrected chi connectivity index (χ2v) is 8.35. The zero-order valence-corrected chi connectivity index (χ0v) is 17.1. The summed E-state index contributed by atoms with van der Waals surface area (Å²) in [5.41, 5.74) is 2.87. The molecule has 2 aliphatic carbocycles. The quantitative estimate of drug-likeness (QED) is 0.829. The van der Waals surface area contributed by atoms with Gasteiger partial charge in [-0.25, -0.2) is 4.68 Å². The van der Waals surface area contributed by atoms with Crippen molar-refractivity contribution in [1.29, 1.82) is 0 Å². The molecule has 7 heteroatoms. The van der Waals surface area contributed by atoms with Crippen LogP contribution in [0.1, 0.15) is 55.0 Å². The lowest BCUT2D eigenvalue weighted by Gasteiger charge is -2.26. The van der Waals surface area contributed by atoms with E-state index in [9.17, 15) is 4.79 Å². The van der Waals surface area contributed by atoms with E-state index in [0.717, 1.165) is 51.0 Å². The number of halogens is 1. The molecule has 1 amide bonds. The molecule has 28 heavy (non-hydrogen) atoms. The largest absolute Gasteiger partial charge is 0.317 e. The summed E-state index contributed by atoms with van der Waals surface area (Å²) in [6, 6.07) is 8.65. The number of aromatic nitrogens is 3. The number of hydrogen-bond acceptors (Lipinski definition) is 4. The third-order valence-electron chi connectivity index (χ3n) is 6.73. The molecule has 2 fully saturated rings. The summed E-state index contributed by atoms with van der Waals surface area (Å²) >= 11 is 0. The molecule has 2 unspecified atom stereocenters. The molecule has 0 bridgehead atoms. The fraction of sp³-hybridized carbons (Fsp3) is 0.571. The van der Waals surface area contributed by atoms with Crippen LogP contribution >= 0.6 is 12.4 Å². The third kappa shape index (κ3) is 3.22. The van der Waals surface area contributed by atoms with Crippen molar-refractivity contribution in [2.45, 2.75) is 49.9 Å². The number of piperidine rings is 1. The van der Waals surface area contributed by atoms with Gasteiger partial charge in [-0.3, -0.25) is 10.1 Å². The molecule has 150 valence electrons. The lowest BCUT2D eigenvalue weighted by atomic mass is 9.78. The van der Waals surface area contributed by atoms with Crippen molar-refractivity contribution >= 4 is 24.3 Å². The summed E-state index contributed by atoms with van der Waals surface area (Å²) in [6.07, 6.45) is 6.48. The summed E-state index contributed by atoms with van der Waals surface area (Å²) in [5, 5.41) is 11.0. The van der Waals surface area contributed by atoms with E-state index in [1.54, 1.807) is 4.68 Å². The van der Waals surface area contributed by atoms with E-state index in [0.29, 0.717) is 11.9 Å². The van der Waals surface area contributed by atoms with Crippen LogP contribution in [0.2, 0.25) is 0 Å². The highest BCUT2D eigenvalue weighted by Crippen LogP contribution is 2.60. The van der Waals surface area contributed by atoms with Gasteiger partial charge in [-0.15, -0.1) is 12.4 Å². The zero-order valence-electron chi connectivity index (χ0n) is 16.3. The maximum atomic E-state index is 13.0. The highest BCUT2D eigenvalue weighted by Gasteiger charge is 2.60. The average molecular weight is 402 g/mol. The Morgan fingerprint density at radius 3 is 2.89 bits per heavy atom. The maximum absolute atomic E-state index is 13.0. The topological polar surface area (TPSA) is 71.8 Å². The van der Waals surface area contributed by atoms with Crippen LogP contribution in [0.15, 0.2) is 24.3 Å². The molecule has 1 saturated heterocycles. The number of fused-ring (bicyclic) bond motifs is 2. The van der Waals surface area contributed by atoms with Crippen molar-refractivity contribution in [3.05, 3.63) is 41.2 Å². The van der Waals surface area contributed by atoms with Crippen LogP contribution in [0.4, 0.5) is 5.95 Å². The van der Waals surface area contributed by atoms with Gasteiger partial charge in [-0.05, 0) is 62.7 Å². The maximum Gasteiger partial charge on any atom is 0.230 e. The molecule has 2 atom stereocenters. The molecule has 0 radical (unpaired) electrons. The standard InChI is InChI=1S/C21H27N5O.ClH/c1-26-20(23-18(25-26)15-8-11-22-12-9-15)24-19(27)17-13-21(17)10-4-6-14-5-2-3-7-16(14)21;/h2-3,5,7,15,17,22H,4,6,8-13H2,1H3,(H,23,24,25,27);1H. The predicted molar refractivity (Wildman–Crippen MR) is 111 cm³/mol. The Labute approximate surface area is 171 Å². The number of nitrogens with one attached hydrogen (secondary N) is 2. The molecule has 6 nitrogen and oxygen atoms in total. The number of hydrogen-bond donors (Lipinski definition) is 2. The highest BCUT2D eigenvalue weighted by molar-refractivity contribution is 5.95. The SMILES string of the molecule is Cl.Cn1nc(C2CCNCC2)nc1NC(=O)C1CC12CCCc1ccccc12. The number of carbonyl (C=O) groups excluding carboxylic acids is 1. The molecule has 1 saturated carbocycles. The Bertz CT molecular complexity index is 875. The van der Waals surface area contributed by atoms with Crippen LogP contribution in [0.25, 0.3) is 0 Å². The van der Waals surface area contributed by atoms with E-state index < -0.39 is 0 Å². The van der Waals surface area contributed by atoms with E-state index in [-0.39, 0.29) is 29.6 Å². The first-order valence-corrected chi connectivity index (χ1v) is 10.2. The molecule has 1 aliphatic heterocycles. The van der Waals surface area contributed by atoms with Crippen molar-refractivity contribution in [3.63, 3.8) is 0 Å². The van der Waals surface area contributed by atoms with Gasteiger partial charge >= 0.3 is 0 Å². The van der Waals surface area contributed by atoms with Crippen LogP contribution < -0.4 is 10.6 Å². The van der Waals surface area contributed by atoms with Crippen molar-refractivity contribution in [2.75, 3.05) is 18.4 Å². The smallest absolute Gasteiger partial charge is 0.230 e. The summed E-state index contributed by atoms with van der Waals surface area (Å²) in [6.45, 7) is 2.02. The first-order chi connectivity index (χ1) is 13.2. The van der Waals surface area contributed by atoms with Gasteiger partial charge in [0.05, 0.1) is 0 Å². The normalized spacial score (nSPS) is 26.4. The van der Waals surface area contributed by atoms with Crippen molar-refractivity contribution in [2.24, 2.45) is 13.0 Å². The molecular formula is C21H28ClN5O. The molecule has 1 aromatic heterocycles. The van der Waals surface area contributed by atoms with Gasteiger partial charge in [0.15, 0.2) is 5.82 Å².